The molecule has 0 bridgehead atoms. The molecule has 0 radical (unpaired) electrons. The quantitative estimate of drug-likeness (QED) is 0.695. The lowest BCUT2D eigenvalue weighted by atomic mass is 9.87. The summed E-state index contributed by atoms with van der Waals surface area (Å²) >= 11 is 0. The fraction of sp³-hybridized carbons (Fsp3) is 0.556. The third-order valence-electron chi connectivity index (χ3n) is 4.78. The number of nitrogens with two attached hydrogens (primary N) is 1. The average Bonchev–Trinajstić information content (AvgIpc) is 2.84. The van der Waals surface area contributed by atoms with Crippen LogP contribution < -0.4 is 5.73 Å². The first-order valence-corrected chi connectivity index (χ1v) is 9.96. The first kappa shape index (κ1) is 19.1. The van der Waals surface area contributed by atoms with Gasteiger partial charge in [0.15, 0.2) is 9.84 Å². The van der Waals surface area contributed by atoms with Gasteiger partial charge >= 0.3 is 0 Å². The van der Waals surface area contributed by atoms with Crippen LogP contribution in [-0.4, -0.2) is 44.1 Å². The summed E-state index contributed by atoms with van der Waals surface area (Å²) in [5.41, 5.74) is 5.48. The summed E-state index contributed by atoms with van der Waals surface area (Å²) in [6.45, 7) is 5.90. The van der Waals surface area contributed by atoms with Crippen LogP contribution >= 0.6 is 0 Å². The summed E-state index contributed by atoms with van der Waals surface area (Å²) in [6, 6.07) is 8.49. The number of rotatable bonds is 8. The average molecular weight is 353 g/mol. The third kappa shape index (κ3) is 4.45. The summed E-state index contributed by atoms with van der Waals surface area (Å²) in [4.78, 5) is 0.333. The lowest BCUT2D eigenvalue weighted by molar-refractivity contribution is 0.00350. The summed E-state index contributed by atoms with van der Waals surface area (Å²) in [5, 5.41) is 9.81. The first-order chi connectivity index (χ1) is 11.4. The van der Waals surface area contributed by atoms with Crippen LogP contribution in [0.2, 0.25) is 0 Å². The molecule has 0 amide bonds. The van der Waals surface area contributed by atoms with Gasteiger partial charge in [-0.2, -0.15) is 0 Å². The largest absolute Gasteiger partial charge is 0.392 e. The van der Waals surface area contributed by atoms with Gasteiger partial charge in [-0.1, -0.05) is 31.2 Å². The van der Waals surface area contributed by atoms with Crippen molar-refractivity contribution in [2.75, 3.05) is 12.3 Å². The number of hydrogen-bond donors (Lipinski definition) is 2. The maximum atomic E-state index is 12.7. The maximum absolute atomic E-state index is 12.7. The Kier molecular flexibility index (Phi) is 6.57. The molecule has 1 aromatic carbocycles. The van der Waals surface area contributed by atoms with Gasteiger partial charge in [-0.15, -0.1) is 6.58 Å². The van der Waals surface area contributed by atoms with Crippen LogP contribution in [0.5, 0.6) is 0 Å². The highest BCUT2D eigenvalue weighted by atomic mass is 32.2. The van der Waals surface area contributed by atoms with Gasteiger partial charge in [-0.3, -0.25) is 0 Å². The van der Waals surface area contributed by atoms with Crippen molar-refractivity contribution in [3.05, 3.63) is 43.0 Å². The summed E-state index contributed by atoms with van der Waals surface area (Å²) in [7, 11) is -3.39. The lowest BCUT2D eigenvalue weighted by Gasteiger charge is -2.21. The van der Waals surface area contributed by atoms with Crippen LogP contribution in [-0.2, 0) is 14.6 Å². The Morgan fingerprint density at radius 1 is 1.33 bits per heavy atom. The number of aliphatic hydroxyl groups is 1. The Morgan fingerprint density at radius 2 is 2.00 bits per heavy atom. The number of aliphatic hydroxyl groups excluding tert-OH is 1. The predicted octanol–water partition coefficient (Wildman–Crippen LogP) is 1.77. The second-order valence-corrected chi connectivity index (χ2v) is 8.51. The molecule has 1 fully saturated rings. The van der Waals surface area contributed by atoms with Gasteiger partial charge < -0.3 is 15.6 Å². The molecule has 0 aliphatic carbocycles. The Bertz CT molecular complexity index is 632. The van der Waals surface area contributed by atoms with Crippen LogP contribution in [0.15, 0.2) is 47.9 Å². The molecule has 134 valence electrons. The zero-order chi connectivity index (χ0) is 17.7. The molecule has 1 aromatic rings. The Balaban J connectivity index is 2.18. The van der Waals surface area contributed by atoms with Crippen molar-refractivity contribution in [1.82, 2.24) is 0 Å². The molecule has 1 saturated heterocycles. The van der Waals surface area contributed by atoms with Gasteiger partial charge in [0.05, 0.1) is 29.0 Å². The smallest absolute Gasteiger partial charge is 0.178 e. The predicted molar refractivity (Wildman–Crippen MR) is 94.3 cm³/mol. The fourth-order valence-electron chi connectivity index (χ4n) is 3.33. The van der Waals surface area contributed by atoms with E-state index in [1.54, 1.807) is 36.4 Å². The molecule has 5 nitrogen and oxygen atoms in total. The normalized spacial score (nSPS) is 28.6. The molecule has 24 heavy (non-hydrogen) atoms. The van der Waals surface area contributed by atoms with Crippen molar-refractivity contribution < 1.29 is 18.3 Å². The van der Waals surface area contributed by atoms with Gasteiger partial charge in [0.1, 0.15) is 0 Å². The van der Waals surface area contributed by atoms with Gasteiger partial charge in [-0.05, 0) is 24.5 Å². The number of sulfone groups is 1. The van der Waals surface area contributed by atoms with Crippen molar-refractivity contribution >= 4 is 9.84 Å². The van der Waals surface area contributed by atoms with E-state index < -0.39 is 15.9 Å². The van der Waals surface area contributed by atoms with Crippen molar-refractivity contribution in [1.29, 1.82) is 0 Å². The Morgan fingerprint density at radius 3 is 2.58 bits per heavy atom. The molecule has 0 aromatic heterocycles. The van der Waals surface area contributed by atoms with Gasteiger partial charge in [0, 0.05) is 18.9 Å². The highest BCUT2D eigenvalue weighted by molar-refractivity contribution is 7.91. The van der Waals surface area contributed by atoms with Crippen LogP contribution in [0.3, 0.4) is 0 Å². The molecule has 1 aliphatic heterocycles. The molecule has 6 heteroatoms. The molecule has 1 aliphatic rings. The summed E-state index contributed by atoms with van der Waals surface area (Å²) < 4.78 is 31.5. The van der Waals surface area contributed by atoms with E-state index in [4.69, 9.17) is 10.5 Å². The van der Waals surface area contributed by atoms with Crippen LogP contribution in [0.25, 0.3) is 0 Å². The monoisotopic (exact) mass is 353 g/mol. The van der Waals surface area contributed by atoms with Crippen molar-refractivity contribution in [2.45, 2.75) is 43.0 Å². The summed E-state index contributed by atoms with van der Waals surface area (Å²) in [6.07, 6.45) is 1.74. The highest BCUT2D eigenvalue weighted by Crippen LogP contribution is 2.38. The topological polar surface area (TPSA) is 89.6 Å². The second kappa shape index (κ2) is 8.25. The van der Waals surface area contributed by atoms with E-state index in [0.29, 0.717) is 17.7 Å². The molecule has 2 rings (SSSR count). The van der Waals surface area contributed by atoms with Crippen molar-refractivity contribution in [3.8, 4) is 0 Å². The number of ether oxygens (including phenoxy) is 1. The second-order valence-electron chi connectivity index (χ2n) is 6.48. The molecular weight excluding hydrogens is 326 g/mol. The SMILES string of the molecule is C=CC[C@@H]1O[C@H](C[C@H](O)CN)[C@H](C)[C@H]1CS(=O)(=O)c1ccccc1. The van der Waals surface area contributed by atoms with Crippen molar-refractivity contribution in [2.24, 2.45) is 17.6 Å². The molecule has 0 saturated carbocycles. The van der Waals surface area contributed by atoms with Crippen molar-refractivity contribution in [3.63, 3.8) is 0 Å². The Labute approximate surface area is 144 Å². The van der Waals surface area contributed by atoms with Gasteiger partial charge in [-0.25, -0.2) is 8.42 Å². The van der Waals surface area contributed by atoms with Gasteiger partial charge in [0.25, 0.3) is 0 Å². The van der Waals surface area contributed by atoms with Crippen LogP contribution in [0.1, 0.15) is 19.8 Å². The maximum Gasteiger partial charge on any atom is 0.178 e. The van der Waals surface area contributed by atoms with E-state index in [1.807, 2.05) is 6.92 Å². The molecule has 0 unspecified atom stereocenters. The third-order valence-corrected chi connectivity index (χ3v) is 6.59. The zero-order valence-corrected chi connectivity index (χ0v) is 14.9. The van der Waals surface area contributed by atoms with Gasteiger partial charge in [0.2, 0.25) is 0 Å². The number of benzene rings is 1. The van der Waals surface area contributed by atoms with E-state index in [2.05, 4.69) is 6.58 Å². The van der Waals surface area contributed by atoms with E-state index >= 15 is 0 Å². The standard InChI is InChI=1S/C18H27NO4S/c1-3-7-17-16(13(2)18(23-17)10-14(20)11-19)12-24(21,22)15-8-5-4-6-9-15/h3-6,8-9,13-14,16-18,20H,1,7,10-12,19H2,2H3/t13-,14+,16-,17+,18-/m1/s1. The zero-order valence-electron chi connectivity index (χ0n) is 14.0. The minimum Gasteiger partial charge on any atom is -0.392 e. The van der Waals surface area contributed by atoms with E-state index in [9.17, 15) is 13.5 Å². The summed E-state index contributed by atoms with van der Waals surface area (Å²) in [5.74, 6) is -0.0795. The molecular formula is C18H27NO4S. The fourth-order valence-corrected chi connectivity index (χ4v) is 5.12. The van der Waals surface area contributed by atoms with E-state index in [1.165, 1.54) is 0 Å². The molecule has 5 atom stereocenters. The molecule has 1 heterocycles. The van der Waals surface area contributed by atoms with Crippen LogP contribution in [0, 0.1) is 11.8 Å². The highest BCUT2D eigenvalue weighted by Gasteiger charge is 2.43. The lowest BCUT2D eigenvalue weighted by Crippen LogP contribution is -2.30. The van der Waals surface area contributed by atoms with E-state index in [0.717, 1.165) is 0 Å². The number of hydrogen-bond acceptors (Lipinski definition) is 5. The molecule has 0 spiro atoms. The Hall–Kier alpha value is -1.21. The van der Waals surface area contributed by atoms with Crippen LogP contribution in [0.4, 0.5) is 0 Å². The molecule has 3 N–H and O–H groups in total. The minimum atomic E-state index is -3.39. The minimum absolute atomic E-state index is 0.0228. The first-order valence-electron chi connectivity index (χ1n) is 8.31. The van der Waals surface area contributed by atoms with E-state index in [-0.39, 0.29) is 36.3 Å².